The zero-order valence-corrected chi connectivity index (χ0v) is 16.9. The van der Waals surface area contributed by atoms with E-state index in [4.69, 9.17) is 4.74 Å². The van der Waals surface area contributed by atoms with Crippen LogP contribution in [0.5, 0.6) is 5.75 Å². The van der Waals surface area contributed by atoms with Crippen LogP contribution in [0.15, 0.2) is 53.0 Å². The Balaban J connectivity index is 1.68. The maximum absolute atomic E-state index is 11.8. The lowest BCUT2D eigenvalue weighted by atomic mass is 10.1. The molecular weight excluding hydrogens is 412 g/mol. The van der Waals surface area contributed by atoms with Crippen LogP contribution in [0.1, 0.15) is 11.1 Å². The standard InChI is InChI=1S/C19H23BrN4O3/c1-24(2)12-15-5-3-4-14(10-15)11-21-19(26)23-22-18(25)13-27-17-8-6-16(20)7-9-17/h3-10H,11-13H2,1-2H3,(H,22,25)(H2,21,23,26). The van der Waals surface area contributed by atoms with Crippen molar-refractivity contribution in [2.45, 2.75) is 13.1 Å². The van der Waals surface area contributed by atoms with Gasteiger partial charge in [-0.15, -0.1) is 0 Å². The molecule has 8 heteroatoms. The number of hydrazine groups is 1. The fourth-order valence-corrected chi connectivity index (χ4v) is 2.54. The highest BCUT2D eigenvalue weighted by Gasteiger charge is 2.06. The number of nitrogens with one attached hydrogen (secondary N) is 3. The van der Waals surface area contributed by atoms with Gasteiger partial charge in [-0.3, -0.25) is 10.2 Å². The first kappa shape index (κ1) is 20.7. The molecule has 144 valence electrons. The van der Waals surface area contributed by atoms with Crippen LogP contribution >= 0.6 is 15.9 Å². The highest BCUT2D eigenvalue weighted by Crippen LogP contribution is 2.15. The fraction of sp³-hybridized carbons (Fsp3) is 0.263. The first-order chi connectivity index (χ1) is 12.9. The summed E-state index contributed by atoms with van der Waals surface area (Å²) >= 11 is 3.32. The zero-order valence-electron chi connectivity index (χ0n) is 15.3. The highest BCUT2D eigenvalue weighted by atomic mass is 79.9. The van der Waals surface area contributed by atoms with Crippen LogP contribution in [-0.4, -0.2) is 37.5 Å². The van der Waals surface area contributed by atoms with Crippen molar-refractivity contribution in [2.75, 3.05) is 20.7 Å². The normalized spacial score (nSPS) is 10.4. The second-order valence-corrected chi connectivity index (χ2v) is 7.07. The monoisotopic (exact) mass is 434 g/mol. The molecule has 0 unspecified atom stereocenters. The minimum atomic E-state index is -0.495. The third-order valence-corrected chi connectivity index (χ3v) is 3.97. The van der Waals surface area contributed by atoms with E-state index in [9.17, 15) is 9.59 Å². The van der Waals surface area contributed by atoms with Gasteiger partial charge in [-0.05, 0) is 49.5 Å². The number of nitrogens with zero attached hydrogens (tertiary/aromatic N) is 1. The number of hydrogen-bond donors (Lipinski definition) is 3. The van der Waals surface area contributed by atoms with Crippen LogP contribution in [-0.2, 0) is 17.9 Å². The molecular formula is C19H23BrN4O3. The molecule has 0 fully saturated rings. The summed E-state index contributed by atoms with van der Waals surface area (Å²) in [7, 11) is 4.00. The molecule has 0 atom stereocenters. The topological polar surface area (TPSA) is 82.7 Å². The Labute approximate surface area is 167 Å². The van der Waals surface area contributed by atoms with Gasteiger partial charge in [-0.25, -0.2) is 10.2 Å². The molecule has 0 saturated carbocycles. The predicted molar refractivity (Wildman–Crippen MR) is 107 cm³/mol. The molecule has 7 nitrogen and oxygen atoms in total. The Morgan fingerprint density at radius 1 is 1.04 bits per heavy atom. The van der Waals surface area contributed by atoms with E-state index in [1.165, 1.54) is 0 Å². The number of carbonyl (C=O) groups is 2. The second-order valence-electron chi connectivity index (χ2n) is 6.16. The summed E-state index contributed by atoms with van der Waals surface area (Å²) < 4.78 is 6.24. The van der Waals surface area contributed by atoms with Gasteiger partial charge in [0.25, 0.3) is 5.91 Å². The number of urea groups is 1. The van der Waals surface area contributed by atoms with Crippen LogP contribution in [0.4, 0.5) is 4.79 Å². The van der Waals surface area contributed by atoms with E-state index in [1.807, 2.05) is 50.5 Å². The molecule has 0 spiro atoms. The van der Waals surface area contributed by atoms with Crippen molar-refractivity contribution in [3.8, 4) is 5.75 Å². The minimum Gasteiger partial charge on any atom is -0.484 e. The van der Waals surface area contributed by atoms with E-state index in [2.05, 4.69) is 37.0 Å². The van der Waals surface area contributed by atoms with Gasteiger partial charge in [0.15, 0.2) is 6.61 Å². The molecule has 3 amide bonds. The van der Waals surface area contributed by atoms with Crippen LogP contribution in [0.3, 0.4) is 0 Å². The first-order valence-corrected chi connectivity index (χ1v) is 9.15. The Morgan fingerprint density at radius 2 is 1.74 bits per heavy atom. The molecule has 2 aromatic carbocycles. The van der Waals surface area contributed by atoms with Crippen molar-refractivity contribution in [1.29, 1.82) is 0 Å². The van der Waals surface area contributed by atoms with Crippen molar-refractivity contribution in [3.05, 3.63) is 64.1 Å². The molecule has 0 heterocycles. The zero-order chi connectivity index (χ0) is 19.6. The molecule has 0 aliphatic carbocycles. The van der Waals surface area contributed by atoms with E-state index in [0.29, 0.717) is 12.3 Å². The van der Waals surface area contributed by atoms with Gasteiger partial charge in [0.1, 0.15) is 5.75 Å². The smallest absolute Gasteiger partial charge is 0.333 e. The average Bonchev–Trinajstić information content (AvgIpc) is 2.64. The summed E-state index contributed by atoms with van der Waals surface area (Å²) in [5, 5.41) is 2.69. The summed E-state index contributed by atoms with van der Waals surface area (Å²) in [6.07, 6.45) is 0. The summed E-state index contributed by atoms with van der Waals surface area (Å²) in [5.41, 5.74) is 6.74. The number of ether oxygens (including phenoxy) is 1. The van der Waals surface area contributed by atoms with Crippen LogP contribution in [0.25, 0.3) is 0 Å². The summed E-state index contributed by atoms with van der Waals surface area (Å²) in [4.78, 5) is 25.6. The van der Waals surface area contributed by atoms with Gasteiger partial charge in [0, 0.05) is 17.6 Å². The van der Waals surface area contributed by atoms with Gasteiger partial charge in [-0.1, -0.05) is 40.2 Å². The molecule has 0 radical (unpaired) electrons. The van der Waals surface area contributed by atoms with Gasteiger partial charge in [0.05, 0.1) is 0 Å². The maximum atomic E-state index is 11.8. The Morgan fingerprint density at radius 3 is 2.44 bits per heavy atom. The summed E-state index contributed by atoms with van der Waals surface area (Å²) in [6.45, 7) is 0.987. The lowest BCUT2D eigenvalue weighted by molar-refractivity contribution is -0.123. The molecule has 2 aromatic rings. The highest BCUT2D eigenvalue weighted by molar-refractivity contribution is 9.10. The van der Waals surface area contributed by atoms with Crippen LogP contribution in [0.2, 0.25) is 0 Å². The minimum absolute atomic E-state index is 0.200. The number of halogens is 1. The fourth-order valence-electron chi connectivity index (χ4n) is 2.27. The molecule has 27 heavy (non-hydrogen) atoms. The average molecular weight is 435 g/mol. The van der Waals surface area contributed by atoms with E-state index in [0.717, 1.165) is 22.1 Å². The van der Waals surface area contributed by atoms with Gasteiger partial charge >= 0.3 is 6.03 Å². The molecule has 2 rings (SSSR count). The van der Waals surface area contributed by atoms with Crippen molar-refractivity contribution in [1.82, 2.24) is 21.1 Å². The summed E-state index contributed by atoms with van der Waals surface area (Å²) in [6, 6.07) is 14.6. The largest absolute Gasteiger partial charge is 0.484 e. The lowest BCUT2D eigenvalue weighted by Gasteiger charge is -2.12. The molecule has 0 saturated heterocycles. The van der Waals surface area contributed by atoms with Gasteiger partial charge in [0.2, 0.25) is 0 Å². The molecule has 0 aromatic heterocycles. The van der Waals surface area contributed by atoms with Gasteiger partial charge in [-0.2, -0.15) is 0 Å². The molecule has 3 N–H and O–H groups in total. The van der Waals surface area contributed by atoms with Gasteiger partial charge < -0.3 is 15.0 Å². The maximum Gasteiger partial charge on any atom is 0.333 e. The second kappa shape index (κ2) is 10.5. The molecule has 0 aliphatic rings. The van der Waals surface area contributed by atoms with E-state index >= 15 is 0 Å². The number of rotatable bonds is 7. The van der Waals surface area contributed by atoms with Crippen molar-refractivity contribution < 1.29 is 14.3 Å². The van der Waals surface area contributed by atoms with Crippen molar-refractivity contribution in [3.63, 3.8) is 0 Å². The number of amides is 3. The Bertz CT molecular complexity index is 766. The van der Waals surface area contributed by atoms with E-state index < -0.39 is 11.9 Å². The lowest BCUT2D eigenvalue weighted by Crippen LogP contribution is -2.48. The Kier molecular flexibility index (Phi) is 8.09. The molecule has 0 bridgehead atoms. The van der Waals surface area contributed by atoms with Crippen LogP contribution < -0.4 is 20.9 Å². The Hall–Kier alpha value is -2.58. The van der Waals surface area contributed by atoms with Crippen molar-refractivity contribution >= 4 is 27.9 Å². The van der Waals surface area contributed by atoms with Crippen molar-refractivity contribution in [2.24, 2.45) is 0 Å². The SMILES string of the molecule is CN(C)Cc1cccc(CNC(=O)NNC(=O)COc2ccc(Br)cc2)c1. The van der Waals surface area contributed by atoms with Crippen LogP contribution in [0, 0.1) is 0 Å². The number of carbonyl (C=O) groups excluding carboxylic acids is 2. The predicted octanol–water partition coefficient (Wildman–Crippen LogP) is 2.42. The third-order valence-electron chi connectivity index (χ3n) is 3.44. The number of benzene rings is 2. The number of hydrogen-bond acceptors (Lipinski definition) is 4. The van der Waals surface area contributed by atoms with E-state index in [1.54, 1.807) is 12.1 Å². The van der Waals surface area contributed by atoms with E-state index in [-0.39, 0.29) is 6.61 Å². The molecule has 0 aliphatic heterocycles. The first-order valence-electron chi connectivity index (χ1n) is 8.36. The summed E-state index contributed by atoms with van der Waals surface area (Å²) in [5.74, 6) is 0.108. The quantitative estimate of drug-likeness (QED) is 0.584. The third kappa shape index (κ3) is 8.10.